The summed E-state index contributed by atoms with van der Waals surface area (Å²) < 4.78 is 14.3. The van der Waals surface area contributed by atoms with Crippen molar-refractivity contribution in [3.05, 3.63) is 15.6 Å². The van der Waals surface area contributed by atoms with Crippen LogP contribution in [0.5, 0.6) is 0 Å². The number of aromatic nitrogens is 1. The number of urea groups is 1. The summed E-state index contributed by atoms with van der Waals surface area (Å²) in [5.74, 6) is 0. The van der Waals surface area contributed by atoms with E-state index in [1.165, 1.54) is 25.5 Å². The first-order valence-corrected chi connectivity index (χ1v) is 6.61. The fourth-order valence-corrected chi connectivity index (χ4v) is 2.88. The molecule has 1 aromatic rings. The molecule has 1 aromatic heterocycles. The number of thiazole rings is 1. The van der Waals surface area contributed by atoms with E-state index < -0.39 is 12.3 Å². The molecule has 0 aromatic carbocycles. The Morgan fingerprint density at radius 2 is 2.44 bits per heavy atom. The van der Waals surface area contributed by atoms with Crippen molar-refractivity contribution in [2.24, 2.45) is 0 Å². The minimum absolute atomic E-state index is 0.353. The Bertz CT molecular complexity index is 451. The molecule has 0 saturated heterocycles. The van der Waals surface area contributed by atoms with Crippen molar-refractivity contribution in [2.45, 2.75) is 26.1 Å². The summed E-state index contributed by atoms with van der Waals surface area (Å²) in [7, 11) is 2.83. The van der Waals surface area contributed by atoms with Gasteiger partial charge in [0, 0.05) is 24.9 Å². The van der Waals surface area contributed by atoms with Crippen molar-refractivity contribution >= 4 is 17.4 Å². The van der Waals surface area contributed by atoms with Gasteiger partial charge in [0.25, 0.3) is 0 Å². The van der Waals surface area contributed by atoms with Crippen molar-refractivity contribution < 1.29 is 14.0 Å². The van der Waals surface area contributed by atoms with Gasteiger partial charge in [-0.15, -0.1) is 11.3 Å². The topological polar surface area (TPSA) is 45.7 Å². The van der Waals surface area contributed by atoms with Crippen LogP contribution in [0.4, 0.5) is 9.18 Å². The van der Waals surface area contributed by atoms with E-state index in [9.17, 15) is 9.18 Å². The van der Waals surface area contributed by atoms with E-state index >= 15 is 0 Å². The standard InChI is InChI=1S/C11H16FN3O2S/c1-4-8-13-9-7(18-8)5-6-15(10(9)12)11(16)14(2)17-3/h10H,4-6H2,1-3H3. The number of fused-ring (bicyclic) bond motifs is 1. The Morgan fingerprint density at radius 1 is 1.72 bits per heavy atom. The smallest absolute Gasteiger partial charge is 0.287 e. The molecule has 0 aliphatic carbocycles. The number of carbonyl (C=O) groups excluding carboxylic acids is 1. The van der Waals surface area contributed by atoms with Crippen LogP contribution in [0.2, 0.25) is 0 Å². The molecule has 0 N–H and O–H groups in total. The maximum Gasteiger partial charge on any atom is 0.346 e. The normalized spacial score (nSPS) is 18.7. The number of aryl methyl sites for hydroxylation is 1. The lowest BCUT2D eigenvalue weighted by Crippen LogP contribution is -2.44. The lowest BCUT2D eigenvalue weighted by atomic mass is 10.2. The van der Waals surface area contributed by atoms with Crippen LogP contribution in [-0.2, 0) is 17.7 Å². The fourth-order valence-electron chi connectivity index (χ4n) is 1.86. The average molecular weight is 273 g/mol. The number of hydroxylamine groups is 2. The Morgan fingerprint density at radius 3 is 3.06 bits per heavy atom. The molecule has 0 spiro atoms. The predicted octanol–water partition coefficient (Wildman–Crippen LogP) is 2.14. The summed E-state index contributed by atoms with van der Waals surface area (Å²) in [6.45, 7) is 2.34. The summed E-state index contributed by atoms with van der Waals surface area (Å²) in [6, 6.07) is -0.485. The summed E-state index contributed by atoms with van der Waals surface area (Å²) >= 11 is 1.53. The van der Waals surface area contributed by atoms with E-state index in [1.807, 2.05) is 6.92 Å². The Hall–Kier alpha value is -1.21. The van der Waals surface area contributed by atoms with Crippen molar-refractivity contribution in [3.63, 3.8) is 0 Å². The second-order valence-corrected chi connectivity index (χ2v) is 5.18. The molecule has 1 aliphatic heterocycles. The van der Waals surface area contributed by atoms with Crippen molar-refractivity contribution in [1.82, 2.24) is 14.9 Å². The third-order valence-corrected chi connectivity index (χ3v) is 4.22. The monoisotopic (exact) mass is 273 g/mol. The number of hydrogen-bond acceptors (Lipinski definition) is 4. The molecule has 2 rings (SSSR count). The maximum absolute atomic E-state index is 14.3. The van der Waals surface area contributed by atoms with Crippen LogP contribution in [0.3, 0.4) is 0 Å². The van der Waals surface area contributed by atoms with Crippen LogP contribution in [-0.4, -0.2) is 41.7 Å². The first-order chi connectivity index (χ1) is 8.58. The molecular weight excluding hydrogens is 257 g/mol. The van der Waals surface area contributed by atoms with Gasteiger partial charge in [-0.3, -0.25) is 9.74 Å². The first-order valence-electron chi connectivity index (χ1n) is 5.79. The van der Waals surface area contributed by atoms with Gasteiger partial charge in [-0.25, -0.2) is 19.2 Å². The summed E-state index contributed by atoms with van der Waals surface area (Å²) in [4.78, 5) is 23.0. The van der Waals surface area contributed by atoms with E-state index in [0.29, 0.717) is 18.7 Å². The second kappa shape index (κ2) is 5.19. The van der Waals surface area contributed by atoms with Crippen molar-refractivity contribution in [2.75, 3.05) is 20.7 Å². The maximum atomic E-state index is 14.3. The highest BCUT2D eigenvalue weighted by Crippen LogP contribution is 2.34. The van der Waals surface area contributed by atoms with E-state index in [-0.39, 0.29) is 0 Å². The molecular formula is C11H16FN3O2S. The number of hydrogen-bond donors (Lipinski definition) is 0. The van der Waals surface area contributed by atoms with Gasteiger partial charge in [0.15, 0.2) is 0 Å². The largest absolute Gasteiger partial charge is 0.346 e. The Labute approximate surface area is 109 Å². The molecule has 5 nitrogen and oxygen atoms in total. The SMILES string of the molecule is CCc1nc2c(s1)CCN(C(=O)N(C)OC)C2F. The zero-order valence-corrected chi connectivity index (χ0v) is 11.5. The second-order valence-electron chi connectivity index (χ2n) is 4.01. The van der Waals surface area contributed by atoms with Gasteiger partial charge >= 0.3 is 6.03 Å². The van der Waals surface area contributed by atoms with Crippen LogP contribution >= 0.6 is 11.3 Å². The molecule has 0 radical (unpaired) electrons. The number of nitrogens with zero attached hydrogens (tertiary/aromatic N) is 3. The molecule has 2 amide bonds. The molecule has 0 bridgehead atoms. The predicted molar refractivity (Wildman–Crippen MR) is 65.9 cm³/mol. The highest BCUT2D eigenvalue weighted by molar-refractivity contribution is 7.11. The minimum Gasteiger partial charge on any atom is -0.287 e. The van der Waals surface area contributed by atoms with E-state index in [4.69, 9.17) is 4.84 Å². The molecule has 0 saturated carbocycles. The molecule has 100 valence electrons. The molecule has 7 heteroatoms. The van der Waals surface area contributed by atoms with Gasteiger partial charge in [0.1, 0.15) is 5.69 Å². The summed E-state index contributed by atoms with van der Waals surface area (Å²) in [5.41, 5.74) is 0.390. The van der Waals surface area contributed by atoms with Gasteiger partial charge in [0.2, 0.25) is 6.30 Å². The molecule has 1 aliphatic rings. The van der Waals surface area contributed by atoms with Crippen LogP contribution < -0.4 is 0 Å². The molecule has 2 heterocycles. The molecule has 1 unspecified atom stereocenters. The number of halogens is 1. The lowest BCUT2D eigenvalue weighted by molar-refractivity contribution is -0.0859. The molecule has 0 fully saturated rings. The molecule has 1 atom stereocenters. The fraction of sp³-hybridized carbons (Fsp3) is 0.636. The van der Waals surface area contributed by atoms with Gasteiger partial charge in [-0.1, -0.05) is 6.92 Å². The van der Waals surface area contributed by atoms with Crippen LogP contribution in [0.25, 0.3) is 0 Å². The van der Waals surface area contributed by atoms with Crippen LogP contribution in [0, 0.1) is 0 Å². The number of alkyl halides is 1. The van der Waals surface area contributed by atoms with Gasteiger partial charge in [0.05, 0.1) is 12.1 Å². The Kier molecular flexibility index (Phi) is 3.82. The van der Waals surface area contributed by atoms with Gasteiger partial charge < -0.3 is 0 Å². The first kappa shape index (κ1) is 13.2. The highest BCUT2D eigenvalue weighted by atomic mass is 32.1. The highest BCUT2D eigenvalue weighted by Gasteiger charge is 2.35. The van der Waals surface area contributed by atoms with E-state index in [0.717, 1.165) is 26.3 Å². The van der Waals surface area contributed by atoms with Crippen LogP contribution in [0.15, 0.2) is 0 Å². The van der Waals surface area contributed by atoms with Crippen LogP contribution in [0.1, 0.15) is 28.8 Å². The minimum atomic E-state index is -1.48. The van der Waals surface area contributed by atoms with Gasteiger partial charge in [-0.2, -0.15) is 0 Å². The van der Waals surface area contributed by atoms with Crippen molar-refractivity contribution in [1.29, 1.82) is 0 Å². The lowest BCUT2D eigenvalue weighted by Gasteiger charge is -2.31. The third-order valence-electron chi connectivity index (χ3n) is 2.94. The number of rotatable bonds is 2. The molecule has 18 heavy (non-hydrogen) atoms. The number of carbonyl (C=O) groups is 1. The number of amides is 2. The third kappa shape index (κ3) is 2.20. The summed E-state index contributed by atoms with van der Waals surface area (Å²) in [5, 5.41) is 1.93. The van der Waals surface area contributed by atoms with Crippen molar-refractivity contribution in [3.8, 4) is 0 Å². The van der Waals surface area contributed by atoms with E-state index in [2.05, 4.69) is 4.98 Å². The summed E-state index contributed by atoms with van der Waals surface area (Å²) in [6.07, 6.45) is -0.0390. The van der Waals surface area contributed by atoms with Gasteiger partial charge in [-0.05, 0) is 6.42 Å². The average Bonchev–Trinajstić information content (AvgIpc) is 2.81. The Balaban J connectivity index is 2.22. The quantitative estimate of drug-likeness (QED) is 0.612. The zero-order valence-electron chi connectivity index (χ0n) is 10.6. The van der Waals surface area contributed by atoms with E-state index in [1.54, 1.807) is 0 Å². The zero-order chi connectivity index (χ0) is 13.3.